The van der Waals surface area contributed by atoms with E-state index in [-0.39, 0.29) is 0 Å². The van der Waals surface area contributed by atoms with E-state index in [1.807, 2.05) is 6.07 Å². The average Bonchev–Trinajstić information content (AvgIpc) is 2.33. The summed E-state index contributed by atoms with van der Waals surface area (Å²) in [5.74, 6) is 1.28. The molecule has 2 heteroatoms. The Hall–Kier alpha value is -1.18. The molecule has 88 valence electrons. The molecule has 2 rings (SSSR count). The van der Waals surface area contributed by atoms with Crippen LogP contribution in [0.25, 0.3) is 0 Å². The summed E-state index contributed by atoms with van der Waals surface area (Å²) in [7, 11) is 0. The van der Waals surface area contributed by atoms with Crippen LogP contribution < -0.4 is 4.74 Å². The fourth-order valence-electron chi connectivity index (χ4n) is 2.32. The number of aromatic hydroxyl groups is 1. The molecule has 0 unspecified atom stereocenters. The number of hydrogen-bond donors (Lipinski definition) is 1. The SMILES string of the molecule is CCc1cc(O)ccc1OC1CCCCC1. The molecule has 1 fully saturated rings. The van der Waals surface area contributed by atoms with E-state index in [0.717, 1.165) is 17.7 Å². The van der Waals surface area contributed by atoms with Crippen molar-refractivity contribution in [2.24, 2.45) is 0 Å². The highest BCUT2D eigenvalue weighted by atomic mass is 16.5. The lowest BCUT2D eigenvalue weighted by Gasteiger charge is -2.24. The van der Waals surface area contributed by atoms with Gasteiger partial charge in [-0.05, 0) is 55.9 Å². The fourth-order valence-corrected chi connectivity index (χ4v) is 2.32. The molecule has 1 aromatic carbocycles. The molecule has 0 bridgehead atoms. The van der Waals surface area contributed by atoms with Gasteiger partial charge in [0.25, 0.3) is 0 Å². The first kappa shape index (κ1) is 11.3. The van der Waals surface area contributed by atoms with Crippen LogP contribution in [0.15, 0.2) is 18.2 Å². The molecule has 1 saturated carbocycles. The number of hydrogen-bond acceptors (Lipinski definition) is 2. The summed E-state index contributed by atoms with van der Waals surface area (Å²) in [6.45, 7) is 2.09. The molecule has 1 aliphatic rings. The Kier molecular flexibility index (Phi) is 3.70. The molecule has 16 heavy (non-hydrogen) atoms. The van der Waals surface area contributed by atoms with E-state index in [1.54, 1.807) is 12.1 Å². The summed E-state index contributed by atoms with van der Waals surface area (Å²) in [5.41, 5.74) is 1.10. The van der Waals surface area contributed by atoms with Crippen molar-refractivity contribution in [3.05, 3.63) is 23.8 Å². The molecule has 0 spiro atoms. The number of ether oxygens (including phenoxy) is 1. The van der Waals surface area contributed by atoms with Gasteiger partial charge in [0, 0.05) is 0 Å². The summed E-state index contributed by atoms with van der Waals surface area (Å²) < 4.78 is 6.02. The number of phenolic OH excluding ortho intramolecular Hbond substituents is 1. The number of rotatable bonds is 3. The van der Waals surface area contributed by atoms with E-state index in [9.17, 15) is 5.11 Å². The molecule has 0 aromatic heterocycles. The molecular weight excluding hydrogens is 200 g/mol. The smallest absolute Gasteiger partial charge is 0.123 e. The average molecular weight is 220 g/mol. The molecule has 0 aliphatic heterocycles. The van der Waals surface area contributed by atoms with Crippen LogP contribution in [-0.4, -0.2) is 11.2 Å². The van der Waals surface area contributed by atoms with Crippen LogP contribution in [0.1, 0.15) is 44.6 Å². The van der Waals surface area contributed by atoms with Crippen LogP contribution in [0.4, 0.5) is 0 Å². The zero-order valence-corrected chi connectivity index (χ0v) is 9.91. The molecule has 2 nitrogen and oxygen atoms in total. The van der Waals surface area contributed by atoms with Crippen molar-refractivity contribution in [3.63, 3.8) is 0 Å². The van der Waals surface area contributed by atoms with E-state index in [2.05, 4.69) is 6.92 Å². The molecule has 0 atom stereocenters. The zero-order chi connectivity index (χ0) is 11.4. The van der Waals surface area contributed by atoms with Gasteiger partial charge in [-0.2, -0.15) is 0 Å². The van der Waals surface area contributed by atoms with Crippen molar-refractivity contribution in [1.29, 1.82) is 0 Å². The van der Waals surface area contributed by atoms with Gasteiger partial charge in [-0.25, -0.2) is 0 Å². The Labute approximate surface area is 97.3 Å². The second kappa shape index (κ2) is 5.24. The van der Waals surface area contributed by atoms with Gasteiger partial charge in [-0.3, -0.25) is 0 Å². The summed E-state index contributed by atoms with van der Waals surface area (Å²) in [5, 5.41) is 9.42. The number of benzene rings is 1. The van der Waals surface area contributed by atoms with Crippen molar-refractivity contribution >= 4 is 0 Å². The normalized spacial score (nSPS) is 17.3. The second-order valence-corrected chi connectivity index (χ2v) is 4.52. The van der Waals surface area contributed by atoms with Gasteiger partial charge in [-0.15, -0.1) is 0 Å². The maximum Gasteiger partial charge on any atom is 0.123 e. The molecule has 1 N–H and O–H groups in total. The molecular formula is C14H20O2. The van der Waals surface area contributed by atoms with Crippen molar-refractivity contribution in [2.45, 2.75) is 51.6 Å². The van der Waals surface area contributed by atoms with Crippen LogP contribution in [0.3, 0.4) is 0 Å². The molecule has 1 aliphatic carbocycles. The van der Waals surface area contributed by atoms with Crippen LogP contribution in [0.2, 0.25) is 0 Å². The van der Waals surface area contributed by atoms with E-state index >= 15 is 0 Å². The van der Waals surface area contributed by atoms with E-state index in [4.69, 9.17) is 4.74 Å². The van der Waals surface area contributed by atoms with Crippen molar-refractivity contribution in [2.75, 3.05) is 0 Å². The maximum absolute atomic E-state index is 9.42. The van der Waals surface area contributed by atoms with Gasteiger partial charge in [0.05, 0.1) is 6.10 Å². The van der Waals surface area contributed by atoms with E-state index < -0.39 is 0 Å². The largest absolute Gasteiger partial charge is 0.508 e. The quantitative estimate of drug-likeness (QED) is 0.842. The Morgan fingerprint density at radius 3 is 2.69 bits per heavy atom. The van der Waals surface area contributed by atoms with Crippen LogP contribution in [0, 0.1) is 0 Å². The monoisotopic (exact) mass is 220 g/mol. The van der Waals surface area contributed by atoms with Gasteiger partial charge >= 0.3 is 0 Å². The lowest BCUT2D eigenvalue weighted by atomic mass is 9.97. The highest BCUT2D eigenvalue weighted by Crippen LogP contribution is 2.28. The minimum atomic E-state index is 0.327. The summed E-state index contributed by atoms with van der Waals surface area (Å²) in [4.78, 5) is 0. The van der Waals surface area contributed by atoms with E-state index in [1.165, 1.54) is 32.1 Å². The molecule has 0 radical (unpaired) electrons. The van der Waals surface area contributed by atoms with Crippen LogP contribution >= 0.6 is 0 Å². The fraction of sp³-hybridized carbons (Fsp3) is 0.571. The Bertz CT molecular complexity index is 341. The first-order chi connectivity index (χ1) is 7.79. The highest BCUT2D eigenvalue weighted by Gasteiger charge is 2.16. The molecule has 0 heterocycles. The zero-order valence-electron chi connectivity index (χ0n) is 9.91. The van der Waals surface area contributed by atoms with Crippen molar-refractivity contribution in [1.82, 2.24) is 0 Å². The lowest BCUT2D eigenvalue weighted by molar-refractivity contribution is 0.153. The first-order valence-electron chi connectivity index (χ1n) is 6.28. The summed E-state index contributed by atoms with van der Waals surface area (Å²) in [6.07, 6.45) is 7.53. The van der Waals surface area contributed by atoms with Crippen LogP contribution in [-0.2, 0) is 6.42 Å². The minimum absolute atomic E-state index is 0.327. The number of phenols is 1. The predicted molar refractivity (Wildman–Crippen MR) is 65.0 cm³/mol. The van der Waals surface area contributed by atoms with Gasteiger partial charge < -0.3 is 9.84 Å². The Balaban J connectivity index is 2.07. The minimum Gasteiger partial charge on any atom is -0.508 e. The Morgan fingerprint density at radius 2 is 2.00 bits per heavy atom. The molecule has 0 saturated heterocycles. The second-order valence-electron chi connectivity index (χ2n) is 4.52. The van der Waals surface area contributed by atoms with Crippen molar-refractivity contribution < 1.29 is 9.84 Å². The summed E-state index contributed by atoms with van der Waals surface area (Å²) in [6, 6.07) is 5.40. The highest BCUT2D eigenvalue weighted by molar-refractivity contribution is 5.39. The standard InChI is InChI=1S/C14H20O2/c1-2-11-10-12(15)8-9-14(11)16-13-6-4-3-5-7-13/h8-10,13,15H,2-7H2,1H3. The molecule has 1 aromatic rings. The first-order valence-corrected chi connectivity index (χ1v) is 6.28. The third-order valence-corrected chi connectivity index (χ3v) is 3.27. The Morgan fingerprint density at radius 1 is 1.25 bits per heavy atom. The van der Waals surface area contributed by atoms with Gasteiger partial charge in [0.15, 0.2) is 0 Å². The third kappa shape index (κ3) is 2.69. The van der Waals surface area contributed by atoms with Crippen molar-refractivity contribution in [3.8, 4) is 11.5 Å². The van der Waals surface area contributed by atoms with E-state index in [0.29, 0.717) is 11.9 Å². The van der Waals surface area contributed by atoms with Crippen LogP contribution in [0.5, 0.6) is 11.5 Å². The molecule has 0 amide bonds. The summed E-state index contributed by atoms with van der Waals surface area (Å²) >= 11 is 0. The lowest BCUT2D eigenvalue weighted by Crippen LogP contribution is -2.20. The predicted octanol–water partition coefficient (Wildman–Crippen LogP) is 3.67. The maximum atomic E-state index is 9.42. The van der Waals surface area contributed by atoms with Gasteiger partial charge in [-0.1, -0.05) is 13.3 Å². The topological polar surface area (TPSA) is 29.5 Å². The number of aryl methyl sites for hydroxylation is 1. The van der Waals surface area contributed by atoms with Gasteiger partial charge in [0.1, 0.15) is 11.5 Å². The van der Waals surface area contributed by atoms with Gasteiger partial charge in [0.2, 0.25) is 0 Å². The third-order valence-electron chi connectivity index (χ3n) is 3.27.